The SMILES string of the molecule is CCCCOc1cc(OCCCN(CC)CC)ccc1NC(=O)c1cc(-c2ccc(Oc3ccc(Cl)cc3)cc2)nn1-c1ccccc1. The molecule has 0 spiro atoms. The Morgan fingerprint density at radius 2 is 1.46 bits per heavy atom. The van der Waals surface area contributed by atoms with Crippen molar-refractivity contribution >= 4 is 23.2 Å². The molecule has 0 atom stereocenters. The number of anilines is 1. The van der Waals surface area contributed by atoms with Crippen molar-refractivity contribution in [3.05, 3.63) is 114 Å². The van der Waals surface area contributed by atoms with Crippen molar-refractivity contribution in [2.75, 3.05) is 38.2 Å². The van der Waals surface area contributed by atoms with Crippen LogP contribution < -0.4 is 19.5 Å². The van der Waals surface area contributed by atoms with E-state index in [0.29, 0.717) is 58.3 Å². The van der Waals surface area contributed by atoms with E-state index in [1.54, 1.807) is 22.9 Å². The summed E-state index contributed by atoms with van der Waals surface area (Å²) < 4.78 is 19.8. The number of nitrogens with one attached hydrogen (secondary N) is 1. The van der Waals surface area contributed by atoms with E-state index in [1.165, 1.54) is 0 Å². The first kappa shape index (κ1) is 34.5. The van der Waals surface area contributed by atoms with Crippen molar-refractivity contribution in [2.45, 2.75) is 40.0 Å². The minimum atomic E-state index is -0.312. The van der Waals surface area contributed by atoms with Crippen LogP contribution in [0.3, 0.4) is 0 Å². The number of aromatic nitrogens is 2. The number of carbonyl (C=O) groups excluding carboxylic acids is 1. The molecule has 1 aromatic heterocycles. The van der Waals surface area contributed by atoms with Gasteiger partial charge in [0.15, 0.2) is 0 Å². The minimum Gasteiger partial charge on any atom is -0.493 e. The van der Waals surface area contributed by atoms with Crippen LogP contribution in [-0.4, -0.2) is 53.4 Å². The Hall–Kier alpha value is -4.79. The van der Waals surface area contributed by atoms with E-state index in [0.717, 1.165) is 50.1 Å². The molecule has 0 unspecified atom stereocenters. The average Bonchev–Trinajstić information content (AvgIpc) is 3.57. The van der Waals surface area contributed by atoms with Crippen molar-refractivity contribution in [2.24, 2.45) is 0 Å². The van der Waals surface area contributed by atoms with Gasteiger partial charge in [0.1, 0.15) is 28.7 Å². The predicted octanol–water partition coefficient (Wildman–Crippen LogP) is 9.53. The first-order valence-electron chi connectivity index (χ1n) is 16.6. The van der Waals surface area contributed by atoms with Gasteiger partial charge in [-0.1, -0.05) is 57.0 Å². The van der Waals surface area contributed by atoms with Gasteiger partial charge in [0.2, 0.25) is 0 Å². The van der Waals surface area contributed by atoms with Gasteiger partial charge in [-0.2, -0.15) is 5.10 Å². The number of halogens is 1. The van der Waals surface area contributed by atoms with E-state index in [1.807, 2.05) is 84.9 Å². The number of para-hydroxylation sites is 1. The maximum Gasteiger partial charge on any atom is 0.274 e. The van der Waals surface area contributed by atoms with Crippen LogP contribution in [0.2, 0.25) is 5.02 Å². The predicted molar refractivity (Wildman–Crippen MR) is 193 cm³/mol. The van der Waals surface area contributed by atoms with Gasteiger partial charge in [-0.15, -0.1) is 0 Å². The second-order valence-electron chi connectivity index (χ2n) is 11.3. The highest BCUT2D eigenvalue weighted by Gasteiger charge is 2.20. The van der Waals surface area contributed by atoms with Crippen molar-refractivity contribution in [1.29, 1.82) is 0 Å². The summed E-state index contributed by atoms with van der Waals surface area (Å²) in [6.45, 7) is 10.6. The molecule has 0 saturated carbocycles. The third-order valence-electron chi connectivity index (χ3n) is 7.88. The second-order valence-corrected chi connectivity index (χ2v) is 11.7. The third-order valence-corrected chi connectivity index (χ3v) is 8.13. The lowest BCUT2D eigenvalue weighted by molar-refractivity contribution is 0.101. The number of carbonyl (C=O) groups is 1. The molecule has 0 aliphatic carbocycles. The van der Waals surface area contributed by atoms with E-state index in [4.69, 9.17) is 30.9 Å². The quantitative estimate of drug-likeness (QED) is 0.0996. The summed E-state index contributed by atoms with van der Waals surface area (Å²) in [6, 6.07) is 31.8. The monoisotopic (exact) mass is 666 g/mol. The fourth-order valence-electron chi connectivity index (χ4n) is 5.13. The van der Waals surface area contributed by atoms with Crippen LogP contribution in [-0.2, 0) is 0 Å². The summed E-state index contributed by atoms with van der Waals surface area (Å²) in [4.78, 5) is 16.3. The van der Waals surface area contributed by atoms with Crippen molar-refractivity contribution < 1.29 is 19.0 Å². The molecule has 0 aliphatic rings. The molecule has 9 heteroatoms. The van der Waals surface area contributed by atoms with Crippen LogP contribution in [0.4, 0.5) is 5.69 Å². The summed E-state index contributed by atoms with van der Waals surface area (Å²) in [5.74, 6) is 2.33. The van der Waals surface area contributed by atoms with Crippen LogP contribution in [0.15, 0.2) is 103 Å². The molecule has 4 aromatic carbocycles. The van der Waals surface area contributed by atoms with E-state index in [-0.39, 0.29) is 5.91 Å². The Kier molecular flexibility index (Phi) is 12.5. The molecule has 0 bridgehead atoms. The molecule has 0 aliphatic heterocycles. The molecule has 5 rings (SSSR count). The zero-order valence-corrected chi connectivity index (χ0v) is 28.6. The van der Waals surface area contributed by atoms with Gasteiger partial charge in [-0.05, 0) is 105 Å². The Morgan fingerprint density at radius 1 is 0.792 bits per heavy atom. The number of benzene rings is 4. The van der Waals surface area contributed by atoms with E-state index >= 15 is 0 Å². The second kappa shape index (κ2) is 17.4. The Morgan fingerprint density at radius 3 is 2.15 bits per heavy atom. The summed E-state index contributed by atoms with van der Waals surface area (Å²) in [6.07, 6.45) is 2.82. The third kappa shape index (κ3) is 9.40. The number of unbranched alkanes of at least 4 members (excludes halogenated alkanes) is 1. The molecular weight excluding hydrogens is 624 g/mol. The number of hydrogen-bond acceptors (Lipinski definition) is 6. The van der Waals surface area contributed by atoms with Gasteiger partial charge < -0.3 is 24.4 Å². The van der Waals surface area contributed by atoms with Crippen LogP contribution in [0, 0.1) is 0 Å². The summed E-state index contributed by atoms with van der Waals surface area (Å²) in [5, 5.41) is 8.57. The highest BCUT2D eigenvalue weighted by atomic mass is 35.5. The molecule has 0 fully saturated rings. The molecule has 48 heavy (non-hydrogen) atoms. The maximum absolute atomic E-state index is 13.9. The number of nitrogens with zero attached hydrogens (tertiary/aromatic N) is 3. The normalized spacial score (nSPS) is 11.0. The number of hydrogen-bond donors (Lipinski definition) is 1. The van der Waals surface area contributed by atoms with Crippen LogP contribution >= 0.6 is 11.6 Å². The molecule has 8 nitrogen and oxygen atoms in total. The first-order valence-corrected chi connectivity index (χ1v) is 17.0. The number of amides is 1. The Labute approximate surface area is 288 Å². The van der Waals surface area contributed by atoms with Crippen molar-refractivity contribution in [3.63, 3.8) is 0 Å². The fourth-order valence-corrected chi connectivity index (χ4v) is 5.25. The van der Waals surface area contributed by atoms with Gasteiger partial charge in [-0.25, -0.2) is 4.68 Å². The van der Waals surface area contributed by atoms with Crippen LogP contribution in [0.25, 0.3) is 16.9 Å². The standard InChI is InChI=1S/C39H43ClN4O4/c1-4-7-25-47-38-27-34(46-26-11-24-43(5-2)6-3)22-23-35(38)41-39(45)37-28-36(42-44(37)31-12-9-8-10-13-31)29-14-18-32(19-15-29)48-33-20-16-30(40)17-21-33/h8-10,12-23,27-28H,4-7,11,24-26H2,1-3H3,(H,41,45). The summed E-state index contributed by atoms with van der Waals surface area (Å²) in [5.41, 5.74) is 3.21. The largest absolute Gasteiger partial charge is 0.493 e. The smallest absolute Gasteiger partial charge is 0.274 e. The Bertz CT molecular complexity index is 1740. The molecule has 250 valence electrons. The van der Waals surface area contributed by atoms with Gasteiger partial charge in [-0.3, -0.25) is 4.79 Å². The van der Waals surface area contributed by atoms with Crippen molar-refractivity contribution in [1.82, 2.24) is 14.7 Å². The molecule has 1 amide bonds. The minimum absolute atomic E-state index is 0.312. The van der Waals surface area contributed by atoms with Crippen LogP contribution in [0.5, 0.6) is 23.0 Å². The number of rotatable bonds is 17. The summed E-state index contributed by atoms with van der Waals surface area (Å²) in [7, 11) is 0. The molecular formula is C39H43ClN4O4. The van der Waals surface area contributed by atoms with E-state index < -0.39 is 0 Å². The molecule has 1 N–H and O–H groups in total. The number of ether oxygens (including phenoxy) is 3. The van der Waals surface area contributed by atoms with E-state index in [9.17, 15) is 4.79 Å². The molecule has 5 aromatic rings. The zero-order valence-electron chi connectivity index (χ0n) is 27.8. The Balaban J connectivity index is 1.36. The first-order chi connectivity index (χ1) is 23.5. The van der Waals surface area contributed by atoms with Gasteiger partial charge in [0.25, 0.3) is 5.91 Å². The molecule has 0 saturated heterocycles. The highest BCUT2D eigenvalue weighted by molar-refractivity contribution is 6.30. The highest BCUT2D eigenvalue weighted by Crippen LogP contribution is 2.32. The van der Waals surface area contributed by atoms with Gasteiger partial charge >= 0.3 is 0 Å². The average molecular weight is 667 g/mol. The zero-order chi connectivity index (χ0) is 33.7. The lowest BCUT2D eigenvalue weighted by atomic mass is 10.1. The molecule has 1 heterocycles. The molecule has 0 radical (unpaired) electrons. The maximum atomic E-state index is 13.9. The van der Waals surface area contributed by atoms with Crippen LogP contribution in [0.1, 0.15) is 50.5 Å². The fraction of sp³-hybridized carbons (Fsp3) is 0.282. The lowest BCUT2D eigenvalue weighted by Crippen LogP contribution is -2.25. The van der Waals surface area contributed by atoms with Gasteiger partial charge in [0.05, 0.1) is 30.3 Å². The summed E-state index contributed by atoms with van der Waals surface area (Å²) >= 11 is 6.00. The van der Waals surface area contributed by atoms with E-state index in [2.05, 4.69) is 31.0 Å². The van der Waals surface area contributed by atoms with Crippen molar-refractivity contribution in [3.8, 4) is 39.9 Å². The van der Waals surface area contributed by atoms with Gasteiger partial charge in [0, 0.05) is 23.2 Å². The lowest BCUT2D eigenvalue weighted by Gasteiger charge is -2.18. The topological polar surface area (TPSA) is 77.8 Å².